The summed E-state index contributed by atoms with van der Waals surface area (Å²) >= 11 is 16.7. The molecule has 3 aromatic heterocycles. The highest BCUT2D eigenvalue weighted by Crippen LogP contribution is 2.35. The van der Waals surface area contributed by atoms with E-state index in [1.54, 1.807) is 60.9 Å². The van der Waals surface area contributed by atoms with Crippen LogP contribution in [0.15, 0.2) is 83.9 Å². The van der Waals surface area contributed by atoms with Crippen molar-refractivity contribution in [1.29, 1.82) is 0 Å². The number of aromatic nitrogens is 3. The van der Waals surface area contributed by atoms with E-state index in [2.05, 4.69) is 41.8 Å². The van der Waals surface area contributed by atoms with E-state index in [0.717, 1.165) is 10.3 Å². The van der Waals surface area contributed by atoms with Crippen molar-refractivity contribution >= 4 is 79.7 Å². The van der Waals surface area contributed by atoms with Crippen LogP contribution in [0.1, 0.15) is 21.6 Å². The van der Waals surface area contributed by atoms with Crippen LogP contribution in [-0.2, 0) is 11.4 Å². The highest BCUT2D eigenvalue weighted by Gasteiger charge is 2.20. The first-order chi connectivity index (χ1) is 21.6. The number of benzene rings is 2. The molecule has 5 aromatic rings. The second-order valence-corrected chi connectivity index (χ2v) is 11.3. The average molecular weight is 711 g/mol. The van der Waals surface area contributed by atoms with Crippen molar-refractivity contribution < 1.29 is 19.1 Å². The number of amides is 4. The van der Waals surface area contributed by atoms with E-state index in [1.807, 2.05) is 23.6 Å². The summed E-state index contributed by atoms with van der Waals surface area (Å²) in [7, 11) is 1.54. The summed E-state index contributed by atoms with van der Waals surface area (Å²) in [4.78, 5) is 48.0. The number of hydrogen-bond donors (Lipinski definition) is 3. The van der Waals surface area contributed by atoms with E-state index in [-0.39, 0.29) is 24.1 Å². The number of nitrogens with one attached hydrogen (secondary N) is 3. The minimum Gasteiger partial charge on any atom is -0.485 e. The summed E-state index contributed by atoms with van der Waals surface area (Å²) in [5.74, 6) is -0.258. The van der Waals surface area contributed by atoms with Gasteiger partial charge in [0.2, 0.25) is 5.91 Å². The Morgan fingerprint density at radius 2 is 1.78 bits per heavy atom. The number of urea groups is 1. The minimum absolute atomic E-state index is 0.0248. The average Bonchev–Trinajstić information content (AvgIpc) is 3.33. The zero-order chi connectivity index (χ0) is 32.1. The molecular weight excluding hydrogens is 685 g/mol. The third kappa shape index (κ3) is 7.36. The fourth-order valence-electron chi connectivity index (χ4n) is 4.33. The lowest BCUT2D eigenvalue weighted by molar-refractivity contribution is -0.117. The zero-order valence-electron chi connectivity index (χ0n) is 24.0. The Balaban J connectivity index is 1.19. The molecule has 4 amide bonds. The quantitative estimate of drug-likeness (QED) is 0.156. The van der Waals surface area contributed by atoms with Gasteiger partial charge in [-0.3, -0.25) is 19.0 Å². The number of hydrogen-bond acceptors (Lipinski definition) is 6. The van der Waals surface area contributed by atoms with Crippen LogP contribution >= 0.6 is 39.1 Å². The molecule has 0 saturated carbocycles. The van der Waals surface area contributed by atoms with Crippen molar-refractivity contribution in [3.8, 4) is 5.75 Å². The van der Waals surface area contributed by atoms with E-state index in [0.29, 0.717) is 44.6 Å². The molecule has 0 aliphatic rings. The monoisotopic (exact) mass is 709 g/mol. The molecule has 0 aliphatic heterocycles. The molecule has 14 heteroatoms. The Hall–Kier alpha value is -4.65. The molecule has 0 saturated heterocycles. The number of fused-ring (bicyclic) bond motifs is 1. The van der Waals surface area contributed by atoms with Gasteiger partial charge in [0.1, 0.15) is 11.2 Å². The van der Waals surface area contributed by atoms with Gasteiger partial charge in [0.05, 0.1) is 22.9 Å². The van der Waals surface area contributed by atoms with Crippen molar-refractivity contribution in [2.24, 2.45) is 0 Å². The molecule has 230 valence electrons. The molecule has 0 bridgehead atoms. The Kier molecular flexibility index (Phi) is 9.87. The Labute approximate surface area is 276 Å². The SMILES string of the molecule is Cc1nc2c(OCc3c(Cl)ccc(N(C)C(=O)CNC(=O)Nc4cccc(C(=O)Nc5ccncc5)c4)c3Cl)cccn2c1Br. The molecule has 11 nitrogen and oxygen atoms in total. The summed E-state index contributed by atoms with van der Waals surface area (Å²) in [5, 5.41) is 8.52. The van der Waals surface area contributed by atoms with Crippen LogP contribution in [0.2, 0.25) is 10.0 Å². The van der Waals surface area contributed by atoms with Crippen LogP contribution < -0.4 is 25.6 Å². The van der Waals surface area contributed by atoms with E-state index < -0.39 is 11.9 Å². The molecule has 3 N–H and O–H groups in total. The van der Waals surface area contributed by atoms with Crippen LogP contribution in [-0.4, -0.2) is 45.8 Å². The molecule has 0 unspecified atom stereocenters. The van der Waals surface area contributed by atoms with Gasteiger partial charge in [0, 0.05) is 53.2 Å². The number of carbonyl (C=O) groups excluding carboxylic acids is 3. The molecule has 5 rings (SSSR count). The second-order valence-electron chi connectivity index (χ2n) is 9.73. The Morgan fingerprint density at radius 1 is 1.00 bits per heavy atom. The Bertz CT molecular complexity index is 1900. The number of pyridine rings is 2. The van der Waals surface area contributed by atoms with Gasteiger partial charge in [0.25, 0.3) is 5.91 Å². The van der Waals surface area contributed by atoms with Crippen molar-refractivity contribution in [2.75, 3.05) is 29.1 Å². The topological polar surface area (TPSA) is 130 Å². The van der Waals surface area contributed by atoms with Gasteiger partial charge in [-0.2, -0.15) is 0 Å². The number of carbonyl (C=O) groups is 3. The molecule has 0 radical (unpaired) electrons. The summed E-state index contributed by atoms with van der Waals surface area (Å²) in [5.41, 5.74) is 3.60. The number of rotatable bonds is 9. The van der Waals surface area contributed by atoms with Crippen molar-refractivity contribution in [3.63, 3.8) is 0 Å². The van der Waals surface area contributed by atoms with Gasteiger partial charge in [-0.1, -0.05) is 29.3 Å². The van der Waals surface area contributed by atoms with Gasteiger partial charge in [-0.15, -0.1) is 0 Å². The summed E-state index contributed by atoms with van der Waals surface area (Å²) in [6.07, 6.45) is 4.99. The number of imidazole rings is 1. The number of likely N-dealkylation sites (N-methyl/N-ethyl adjacent to an activating group) is 1. The standard InChI is InChI=1S/C31H26BrCl2N7O4/c1-18-28(32)41-14-4-7-25(29(41)37-18)45-17-22-23(33)8-9-24(27(22)34)40(2)26(42)16-36-31(44)39-21-6-3-5-19(15-21)30(43)38-20-10-12-35-13-11-20/h3-15H,16-17H2,1-2H3,(H,35,38,43)(H2,36,39,44). The highest BCUT2D eigenvalue weighted by atomic mass is 79.9. The highest BCUT2D eigenvalue weighted by molar-refractivity contribution is 9.10. The smallest absolute Gasteiger partial charge is 0.319 e. The number of halogens is 3. The molecule has 45 heavy (non-hydrogen) atoms. The molecular formula is C31H26BrCl2N7O4. The third-order valence-corrected chi connectivity index (χ3v) is 8.44. The number of aryl methyl sites for hydroxylation is 1. The number of ether oxygens (including phenoxy) is 1. The predicted molar refractivity (Wildman–Crippen MR) is 177 cm³/mol. The van der Waals surface area contributed by atoms with Crippen LogP contribution in [0.5, 0.6) is 5.75 Å². The maximum atomic E-state index is 13.0. The molecule has 0 aliphatic carbocycles. The molecule has 0 spiro atoms. The Morgan fingerprint density at radius 3 is 2.56 bits per heavy atom. The first kappa shape index (κ1) is 31.8. The van der Waals surface area contributed by atoms with Crippen LogP contribution in [0.25, 0.3) is 5.65 Å². The van der Waals surface area contributed by atoms with E-state index in [9.17, 15) is 14.4 Å². The van der Waals surface area contributed by atoms with Crippen LogP contribution in [0.4, 0.5) is 21.9 Å². The van der Waals surface area contributed by atoms with E-state index >= 15 is 0 Å². The van der Waals surface area contributed by atoms with Gasteiger partial charge in [0.15, 0.2) is 11.4 Å². The fraction of sp³-hybridized carbons (Fsp3) is 0.129. The van der Waals surface area contributed by atoms with Crippen molar-refractivity contribution in [1.82, 2.24) is 19.7 Å². The molecule has 0 fully saturated rings. The molecule has 0 atom stereocenters. The summed E-state index contributed by atoms with van der Waals surface area (Å²) < 4.78 is 8.73. The fourth-order valence-corrected chi connectivity index (χ4v) is 5.31. The van der Waals surface area contributed by atoms with Crippen molar-refractivity contribution in [3.05, 3.63) is 111 Å². The van der Waals surface area contributed by atoms with Crippen LogP contribution in [0.3, 0.4) is 0 Å². The van der Waals surface area contributed by atoms with E-state index in [4.69, 9.17) is 27.9 Å². The predicted octanol–water partition coefficient (Wildman–Crippen LogP) is 6.72. The van der Waals surface area contributed by atoms with Crippen LogP contribution in [0, 0.1) is 6.92 Å². The van der Waals surface area contributed by atoms with Gasteiger partial charge < -0.3 is 25.6 Å². The number of nitrogens with zero attached hydrogens (tertiary/aromatic N) is 4. The van der Waals surface area contributed by atoms with E-state index in [1.165, 1.54) is 18.0 Å². The van der Waals surface area contributed by atoms with Gasteiger partial charge in [-0.25, -0.2) is 9.78 Å². The maximum absolute atomic E-state index is 13.0. The summed E-state index contributed by atoms with van der Waals surface area (Å²) in [6.45, 7) is 1.58. The first-order valence-electron chi connectivity index (χ1n) is 13.5. The van der Waals surface area contributed by atoms with Gasteiger partial charge in [-0.05, 0) is 77.5 Å². The largest absolute Gasteiger partial charge is 0.485 e. The minimum atomic E-state index is -0.630. The lowest BCUT2D eigenvalue weighted by atomic mass is 10.2. The third-order valence-electron chi connectivity index (χ3n) is 6.71. The lowest BCUT2D eigenvalue weighted by Gasteiger charge is -2.21. The molecule has 2 aromatic carbocycles. The molecule has 3 heterocycles. The van der Waals surface area contributed by atoms with Crippen molar-refractivity contribution in [2.45, 2.75) is 13.5 Å². The summed E-state index contributed by atoms with van der Waals surface area (Å²) in [6, 6.07) is 16.0. The zero-order valence-corrected chi connectivity index (χ0v) is 27.1. The lowest BCUT2D eigenvalue weighted by Crippen LogP contribution is -2.40. The normalized spacial score (nSPS) is 10.8. The first-order valence-corrected chi connectivity index (χ1v) is 15.0. The second kappa shape index (κ2) is 14.0. The van der Waals surface area contributed by atoms with Gasteiger partial charge >= 0.3 is 6.03 Å². The maximum Gasteiger partial charge on any atom is 0.319 e. The number of anilines is 3.